The second-order valence-corrected chi connectivity index (χ2v) is 6.86. The number of carbonyl (C=O) groups excluding carboxylic acids is 3. The number of ether oxygens (including phenoxy) is 1. The van der Waals surface area contributed by atoms with Gasteiger partial charge >= 0.3 is 5.97 Å². The van der Waals surface area contributed by atoms with E-state index in [0.29, 0.717) is 25.0 Å². The predicted octanol–water partition coefficient (Wildman–Crippen LogP) is 1.61. The summed E-state index contributed by atoms with van der Waals surface area (Å²) in [5.74, 6) is -0.891. The zero-order valence-electron chi connectivity index (χ0n) is 17.2. The molecule has 0 rings (SSSR count). The molecule has 0 radical (unpaired) electrons. The first-order valence-corrected chi connectivity index (χ1v) is 9.22. The minimum atomic E-state index is -0.962. The summed E-state index contributed by atoms with van der Waals surface area (Å²) in [5, 5.41) is 2.63. The largest absolute Gasteiger partial charge is 0.463 e. The number of amides is 2. The molecular formula is C19H35N3O4. The van der Waals surface area contributed by atoms with Gasteiger partial charge in [0.25, 0.3) is 0 Å². The molecule has 0 aliphatic carbocycles. The van der Waals surface area contributed by atoms with Gasteiger partial charge in [0.05, 0.1) is 24.7 Å². The molecule has 0 aromatic rings. The van der Waals surface area contributed by atoms with Gasteiger partial charge < -0.3 is 20.7 Å². The number of likely N-dealkylation sites (N-methyl/N-ethyl adjacent to an activating group) is 1. The molecule has 0 saturated carbocycles. The molecule has 0 saturated heterocycles. The zero-order valence-corrected chi connectivity index (χ0v) is 17.2. The minimum absolute atomic E-state index is 0.0870. The Kier molecular flexibility index (Phi) is 10.2. The lowest BCUT2D eigenvalue weighted by molar-refractivity contribution is -0.138. The fourth-order valence-corrected chi connectivity index (χ4v) is 2.51. The van der Waals surface area contributed by atoms with Crippen LogP contribution in [0.2, 0.25) is 0 Å². The Balaban J connectivity index is 5.07. The SMILES string of the molecule is CCOC(=O)/C(C)=C/[C@H](C(C)C)N(C)C(=O)CNC(=O)C(N)(CC)CC. The van der Waals surface area contributed by atoms with Crippen LogP contribution in [0, 0.1) is 5.92 Å². The normalized spacial score (nSPS) is 13.3. The Bertz CT molecular complexity index is 525. The van der Waals surface area contributed by atoms with Gasteiger partial charge in [0.1, 0.15) is 0 Å². The highest BCUT2D eigenvalue weighted by molar-refractivity contribution is 5.90. The number of esters is 1. The van der Waals surface area contributed by atoms with Crippen LogP contribution in [-0.4, -0.2) is 54.5 Å². The van der Waals surface area contributed by atoms with Crippen molar-refractivity contribution in [3.63, 3.8) is 0 Å². The molecule has 0 aromatic carbocycles. The summed E-state index contributed by atoms with van der Waals surface area (Å²) in [6.45, 7) is 11.2. The molecule has 0 aromatic heterocycles. The first-order valence-electron chi connectivity index (χ1n) is 9.22. The second kappa shape index (κ2) is 11.0. The van der Waals surface area contributed by atoms with Crippen molar-refractivity contribution < 1.29 is 19.1 Å². The van der Waals surface area contributed by atoms with Gasteiger partial charge in [-0.1, -0.05) is 33.8 Å². The van der Waals surface area contributed by atoms with Crippen LogP contribution in [0.1, 0.15) is 54.4 Å². The molecule has 150 valence electrons. The van der Waals surface area contributed by atoms with E-state index in [1.807, 2.05) is 27.7 Å². The van der Waals surface area contributed by atoms with E-state index in [2.05, 4.69) is 5.32 Å². The highest BCUT2D eigenvalue weighted by Crippen LogP contribution is 2.15. The van der Waals surface area contributed by atoms with Gasteiger partial charge in [-0.2, -0.15) is 0 Å². The fourth-order valence-electron chi connectivity index (χ4n) is 2.51. The molecule has 0 aliphatic heterocycles. The molecule has 7 nitrogen and oxygen atoms in total. The van der Waals surface area contributed by atoms with E-state index < -0.39 is 11.5 Å². The van der Waals surface area contributed by atoms with Crippen LogP contribution in [0.5, 0.6) is 0 Å². The van der Waals surface area contributed by atoms with Crippen LogP contribution >= 0.6 is 0 Å². The van der Waals surface area contributed by atoms with Crippen molar-refractivity contribution in [2.75, 3.05) is 20.2 Å². The Morgan fingerprint density at radius 2 is 1.73 bits per heavy atom. The predicted molar refractivity (Wildman–Crippen MR) is 102 cm³/mol. The summed E-state index contributed by atoms with van der Waals surface area (Å²) < 4.78 is 4.98. The van der Waals surface area contributed by atoms with Crippen molar-refractivity contribution in [2.45, 2.75) is 66.0 Å². The molecule has 0 unspecified atom stereocenters. The van der Waals surface area contributed by atoms with Crippen LogP contribution in [0.15, 0.2) is 11.6 Å². The first-order chi connectivity index (χ1) is 12.0. The Morgan fingerprint density at radius 1 is 1.19 bits per heavy atom. The average molecular weight is 370 g/mol. The van der Waals surface area contributed by atoms with Gasteiger partial charge in [-0.3, -0.25) is 9.59 Å². The molecule has 0 fully saturated rings. The summed E-state index contributed by atoms with van der Waals surface area (Å²) >= 11 is 0. The molecule has 1 atom stereocenters. The number of hydrogen-bond acceptors (Lipinski definition) is 5. The third kappa shape index (κ3) is 6.78. The summed E-state index contributed by atoms with van der Waals surface area (Å²) in [4.78, 5) is 38.1. The number of nitrogens with one attached hydrogen (secondary N) is 1. The standard InChI is InChI=1S/C19H35N3O4/c1-8-19(20,9-2)18(25)21-12-16(23)22(7)15(13(4)5)11-14(6)17(24)26-10-3/h11,13,15H,8-10,12,20H2,1-7H3,(H,21,25)/b14-11+/t15-/m1/s1. The Labute approximate surface area is 157 Å². The van der Waals surface area contributed by atoms with Crippen molar-refractivity contribution >= 4 is 17.8 Å². The molecule has 0 heterocycles. The van der Waals surface area contributed by atoms with E-state index in [4.69, 9.17) is 10.5 Å². The molecule has 3 N–H and O–H groups in total. The maximum absolute atomic E-state index is 12.5. The monoisotopic (exact) mass is 369 g/mol. The summed E-state index contributed by atoms with van der Waals surface area (Å²) in [7, 11) is 1.66. The maximum Gasteiger partial charge on any atom is 0.333 e. The molecule has 7 heteroatoms. The molecule has 26 heavy (non-hydrogen) atoms. The van der Waals surface area contributed by atoms with Crippen molar-refractivity contribution in [3.05, 3.63) is 11.6 Å². The molecule has 0 bridgehead atoms. The topological polar surface area (TPSA) is 102 Å². The van der Waals surface area contributed by atoms with Gasteiger partial charge in [0.2, 0.25) is 11.8 Å². The number of carbonyl (C=O) groups is 3. The van der Waals surface area contributed by atoms with Gasteiger partial charge in [-0.25, -0.2) is 4.79 Å². The van der Waals surface area contributed by atoms with E-state index in [0.717, 1.165) is 0 Å². The minimum Gasteiger partial charge on any atom is -0.463 e. The van der Waals surface area contributed by atoms with Gasteiger partial charge in [0, 0.05) is 12.6 Å². The first kappa shape index (κ1) is 24.1. The highest BCUT2D eigenvalue weighted by atomic mass is 16.5. The quantitative estimate of drug-likeness (QED) is 0.450. The van der Waals surface area contributed by atoms with Gasteiger partial charge in [-0.15, -0.1) is 0 Å². The molecular weight excluding hydrogens is 334 g/mol. The molecule has 2 amide bonds. The smallest absolute Gasteiger partial charge is 0.333 e. The molecule has 0 spiro atoms. The van der Waals surface area contributed by atoms with E-state index >= 15 is 0 Å². The van der Waals surface area contributed by atoms with E-state index in [1.54, 1.807) is 27.0 Å². The number of rotatable bonds is 10. The highest BCUT2D eigenvalue weighted by Gasteiger charge is 2.30. The van der Waals surface area contributed by atoms with Crippen LogP contribution < -0.4 is 11.1 Å². The summed E-state index contributed by atoms with van der Waals surface area (Å²) in [6.07, 6.45) is 2.72. The summed E-state index contributed by atoms with van der Waals surface area (Å²) in [6, 6.07) is -0.288. The van der Waals surface area contributed by atoms with Crippen LogP contribution in [0.25, 0.3) is 0 Å². The lowest BCUT2D eigenvalue weighted by Gasteiger charge is -2.30. The Hall–Kier alpha value is -1.89. The lowest BCUT2D eigenvalue weighted by Crippen LogP contribution is -2.55. The zero-order chi connectivity index (χ0) is 20.5. The average Bonchev–Trinajstić information content (AvgIpc) is 2.61. The van der Waals surface area contributed by atoms with E-state index in [-0.39, 0.29) is 30.3 Å². The van der Waals surface area contributed by atoms with Crippen molar-refractivity contribution in [2.24, 2.45) is 11.7 Å². The van der Waals surface area contributed by atoms with Gasteiger partial charge in [0.15, 0.2) is 0 Å². The number of hydrogen-bond donors (Lipinski definition) is 2. The van der Waals surface area contributed by atoms with Crippen molar-refractivity contribution in [1.29, 1.82) is 0 Å². The van der Waals surface area contributed by atoms with Crippen LogP contribution in [0.3, 0.4) is 0 Å². The van der Waals surface area contributed by atoms with Crippen LogP contribution in [-0.2, 0) is 19.1 Å². The Morgan fingerprint density at radius 3 is 2.15 bits per heavy atom. The fraction of sp³-hybridized carbons (Fsp3) is 0.737. The lowest BCUT2D eigenvalue weighted by atomic mass is 9.93. The maximum atomic E-state index is 12.5. The van der Waals surface area contributed by atoms with Gasteiger partial charge in [-0.05, 0) is 32.6 Å². The second-order valence-electron chi connectivity index (χ2n) is 6.86. The van der Waals surface area contributed by atoms with Crippen molar-refractivity contribution in [3.8, 4) is 0 Å². The van der Waals surface area contributed by atoms with E-state index in [1.165, 1.54) is 4.90 Å². The molecule has 0 aliphatic rings. The third-order valence-electron chi connectivity index (χ3n) is 4.66. The van der Waals surface area contributed by atoms with Crippen LogP contribution in [0.4, 0.5) is 0 Å². The number of nitrogens with zero attached hydrogens (tertiary/aromatic N) is 1. The number of nitrogens with two attached hydrogens (primary N) is 1. The van der Waals surface area contributed by atoms with E-state index in [9.17, 15) is 14.4 Å². The third-order valence-corrected chi connectivity index (χ3v) is 4.66. The summed E-state index contributed by atoms with van der Waals surface area (Å²) in [5.41, 5.74) is 5.53. The van der Waals surface area contributed by atoms with Crippen molar-refractivity contribution in [1.82, 2.24) is 10.2 Å².